The summed E-state index contributed by atoms with van der Waals surface area (Å²) >= 11 is 0. The van der Waals surface area contributed by atoms with Crippen molar-refractivity contribution < 1.29 is 4.42 Å². The Labute approximate surface area is 100 Å². The Morgan fingerprint density at radius 2 is 1.94 bits per heavy atom. The lowest BCUT2D eigenvalue weighted by molar-refractivity contribution is 0.494. The smallest absolute Gasteiger partial charge is 0.317 e. The van der Waals surface area contributed by atoms with Crippen LogP contribution in [0, 0.1) is 0 Å². The van der Waals surface area contributed by atoms with E-state index in [1.807, 2.05) is 38.4 Å². The molecule has 0 aliphatic rings. The Kier molecular flexibility index (Phi) is 3.27. The second-order valence-electron chi connectivity index (χ2n) is 4.07. The van der Waals surface area contributed by atoms with E-state index in [2.05, 4.69) is 10.2 Å². The first kappa shape index (κ1) is 11.4. The third kappa shape index (κ3) is 2.75. The highest BCUT2D eigenvalue weighted by atomic mass is 16.4. The van der Waals surface area contributed by atoms with Gasteiger partial charge in [0.05, 0.1) is 0 Å². The van der Waals surface area contributed by atoms with E-state index < -0.39 is 0 Å². The monoisotopic (exact) mass is 232 g/mol. The molecular formula is C12H16N4O. The van der Waals surface area contributed by atoms with Gasteiger partial charge in [-0.1, -0.05) is 23.3 Å². The van der Waals surface area contributed by atoms with E-state index in [-0.39, 0.29) is 0 Å². The molecule has 1 aromatic heterocycles. The minimum atomic E-state index is 0.529. The molecule has 0 aliphatic heterocycles. The van der Waals surface area contributed by atoms with Crippen LogP contribution in [0.2, 0.25) is 0 Å². The van der Waals surface area contributed by atoms with Gasteiger partial charge in [0.15, 0.2) is 0 Å². The molecule has 0 radical (unpaired) electrons. The van der Waals surface area contributed by atoms with Crippen molar-refractivity contribution in [3.63, 3.8) is 0 Å². The first-order valence-corrected chi connectivity index (χ1v) is 5.50. The number of hydrogen-bond acceptors (Lipinski definition) is 5. The van der Waals surface area contributed by atoms with Crippen LogP contribution in [0.15, 0.2) is 28.7 Å². The lowest BCUT2D eigenvalue weighted by Gasteiger charge is -2.04. The molecule has 90 valence electrons. The zero-order valence-electron chi connectivity index (χ0n) is 10.1. The van der Waals surface area contributed by atoms with Gasteiger partial charge in [0.1, 0.15) is 0 Å². The maximum atomic E-state index is 5.86. The van der Waals surface area contributed by atoms with Gasteiger partial charge in [-0.15, -0.1) is 5.10 Å². The summed E-state index contributed by atoms with van der Waals surface area (Å²) < 4.78 is 5.47. The van der Waals surface area contributed by atoms with Gasteiger partial charge >= 0.3 is 6.01 Å². The maximum absolute atomic E-state index is 5.86. The SMILES string of the molecule is CN(C)c1nnc(CCc2ccccc2N)o1. The molecule has 0 unspecified atom stereocenters. The molecule has 0 amide bonds. The summed E-state index contributed by atoms with van der Waals surface area (Å²) in [6.07, 6.45) is 1.51. The molecule has 0 saturated heterocycles. The average molecular weight is 232 g/mol. The number of nitrogens with two attached hydrogens (primary N) is 1. The molecule has 0 atom stereocenters. The van der Waals surface area contributed by atoms with Gasteiger partial charge in [0, 0.05) is 26.2 Å². The summed E-state index contributed by atoms with van der Waals surface area (Å²) in [5.74, 6) is 0.636. The lowest BCUT2D eigenvalue weighted by atomic mass is 10.1. The van der Waals surface area contributed by atoms with Crippen molar-refractivity contribution in [2.45, 2.75) is 12.8 Å². The number of benzene rings is 1. The highest BCUT2D eigenvalue weighted by molar-refractivity contribution is 5.46. The van der Waals surface area contributed by atoms with Gasteiger partial charge in [-0.25, -0.2) is 0 Å². The summed E-state index contributed by atoms with van der Waals surface area (Å²) in [6, 6.07) is 8.34. The lowest BCUT2D eigenvalue weighted by Crippen LogP contribution is -2.08. The van der Waals surface area contributed by atoms with Crippen molar-refractivity contribution in [3.8, 4) is 0 Å². The molecule has 0 fully saturated rings. The van der Waals surface area contributed by atoms with Crippen molar-refractivity contribution in [2.75, 3.05) is 24.7 Å². The minimum Gasteiger partial charge on any atom is -0.408 e. The number of nitrogens with zero attached hydrogens (tertiary/aromatic N) is 3. The predicted molar refractivity (Wildman–Crippen MR) is 66.9 cm³/mol. The normalized spacial score (nSPS) is 10.5. The Bertz CT molecular complexity index is 493. The number of anilines is 2. The molecule has 17 heavy (non-hydrogen) atoms. The van der Waals surface area contributed by atoms with Crippen molar-refractivity contribution in [2.24, 2.45) is 0 Å². The second-order valence-corrected chi connectivity index (χ2v) is 4.07. The first-order valence-electron chi connectivity index (χ1n) is 5.50. The van der Waals surface area contributed by atoms with Crippen molar-refractivity contribution in [1.82, 2.24) is 10.2 Å². The van der Waals surface area contributed by atoms with Crippen LogP contribution in [-0.4, -0.2) is 24.3 Å². The Hall–Kier alpha value is -2.04. The highest BCUT2D eigenvalue weighted by Gasteiger charge is 2.08. The van der Waals surface area contributed by atoms with Crippen molar-refractivity contribution in [3.05, 3.63) is 35.7 Å². The molecular weight excluding hydrogens is 216 g/mol. The topological polar surface area (TPSA) is 68.2 Å². The standard InChI is InChI=1S/C12H16N4O/c1-16(2)12-15-14-11(17-12)8-7-9-5-3-4-6-10(9)13/h3-6H,7-8,13H2,1-2H3. The zero-order valence-corrected chi connectivity index (χ0v) is 10.1. The Balaban J connectivity index is 2.00. The molecule has 0 bridgehead atoms. The van der Waals surface area contributed by atoms with Gasteiger partial charge in [-0.2, -0.15) is 0 Å². The summed E-state index contributed by atoms with van der Waals surface area (Å²) in [5, 5.41) is 7.91. The fourth-order valence-corrected chi connectivity index (χ4v) is 1.53. The van der Waals surface area contributed by atoms with E-state index in [0.29, 0.717) is 18.3 Å². The molecule has 5 nitrogen and oxygen atoms in total. The van der Waals surface area contributed by atoms with Gasteiger partial charge in [0.25, 0.3) is 0 Å². The van der Waals surface area contributed by atoms with E-state index >= 15 is 0 Å². The molecule has 2 aromatic rings. The Morgan fingerprint density at radius 3 is 2.59 bits per heavy atom. The summed E-state index contributed by atoms with van der Waals surface area (Å²) in [6.45, 7) is 0. The van der Waals surface area contributed by atoms with Crippen LogP contribution in [0.25, 0.3) is 0 Å². The van der Waals surface area contributed by atoms with Crippen molar-refractivity contribution in [1.29, 1.82) is 0 Å². The fourth-order valence-electron chi connectivity index (χ4n) is 1.53. The van der Waals surface area contributed by atoms with Crippen LogP contribution < -0.4 is 10.6 Å². The second kappa shape index (κ2) is 4.86. The average Bonchev–Trinajstić information content (AvgIpc) is 2.77. The summed E-state index contributed by atoms with van der Waals surface area (Å²) in [5.41, 5.74) is 7.78. The molecule has 0 spiro atoms. The van der Waals surface area contributed by atoms with Crippen LogP contribution in [0.3, 0.4) is 0 Å². The predicted octanol–water partition coefficient (Wildman–Crippen LogP) is 1.50. The molecule has 2 N–H and O–H groups in total. The van der Waals surface area contributed by atoms with Crippen molar-refractivity contribution >= 4 is 11.7 Å². The third-order valence-corrected chi connectivity index (χ3v) is 2.50. The first-order chi connectivity index (χ1) is 8.16. The zero-order chi connectivity index (χ0) is 12.3. The number of nitrogen functional groups attached to an aromatic ring is 1. The summed E-state index contributed by atoms with van der Waals surface area (Å²) in [4.78, 5) is 1.79. The van der Waals surface area contributed by atoms with E-state index in [1.165, 1.54) is 0 Å². The van der Waals surface area contributed by atoms with Crippen LogP contribution in [0.5, 0.6) is 0 Å². The number of aryl methyl sites for hydroxylation is 2. The largest absolute Gasteiger partial charge is 0.408 e. The van der Waals surface area contributed by atoms with Crippen LogP contribution in [0.1, 0.15) is 11.5 Å². The van der Waals surface area contributed by atoms with Crippen LogP contribution >= 0.6 is 0 Å². The highest BCUT2D eigenvalue weighted by Crippen LogP contribution is 2.15. The van der Waals surface area contributed by atoms with E-state index in [9.17, 15) is 0 Å². The van der Waals surface area contributed by atoms with Crippen LogP contribution in [0.4, 0.5) is 11.7 Å². The molecule has 2 rings (SSSR count). The summed E-state index contributed by atoms with van der Waals surface area (Å²) in [7, 11) is 3.74. The third-order valence-electron chi connectivity index (χ3n) is 2.50. The number of para-hydroxylation sites is 1. The minimum absolute atomic E-state index is 0.529. The number of rotatable bonds is 4. The van der Waals surface area contributed by atoms with Gasteiger partial charge in [0.2, 0.25) is 5.89 Å². The fraction of sp³-hybridized carbons (Fsp3) is 0.333. The molecule has 1 aromatic carbocycles. The van der Waals surface area contributed by atoms with E-state index in [1.54, 1.807) is 4.90 Å². The van der Waals surface area contributed by atoms with E-state index in [0.717, 1.165) is 17.7 Å². The molecule has 0 aliphatic carbocycles. The number of hydrogen-bond donors (Lipinski definition) is 1. The molecule has 5 heteroatoms. The van der Waals surface area contributed by atoms with E-state index in [4.69, 9.17) is 10.2 Å². The van der Waals surface area contributed by atoms with Gasteiger partial charge in [-0.05, 0) is 18.1 Å². The molecule has 1 heterocycles. The quantitative estimate of drug-likeness (QED) is 0.809. The molecule has 0 saturated carbocycles. The maximum Gasteiger partial charge on any atom is 0.317 e. The number of aromatic nitrogens is 2. The van der Waals surface area contributed by atoms with Gasteiger partial charge < -0.3 is 15.1 Å². The van der Waals surface area contributed by atoms with Crippen LogP contribution in [-0.2, 0) is 12.8 Å². The van der Waals surface area contributed by atoms with Gasteiger partial charge in [-0.3, -0.25) is 0 Å². The Morgan fingerprint density at radius 1 is 1.18 bits per heavy atom.